The van der Waals surface area contributed by atoms with E-state index in [-0.39, 0.29) is 5.97 Å². The van der Waals surface area contributed by atoms with Crippen molar-refractivity contribution in [2.75, 3.05) is 0 Å². The molecule has 100 valence electrons. The molecule has 0 atom stereocenters. The lowest BCUT2D eigenvalue weighted by molar-refractivity contribution is -0.144. The summed E-state index contributed by atoms with van der Waals surface area (Å²) in [6.45, 7) is 6.12. The number of rotatable bonds is 4. The molecule has 2 aromatic rings. The van der Waals surface area contributed by atoms with Gasteiger partial charge in [0.2, 0.25) is 0 Å². The summed E-state index contributed by atoms with van der Waals surface area (Å²) < 4.78 is 5.16. The summed E-state index contributed by atoms with van der Waals surface area (Å²) in [6, 6.07) is 8.27. The Morgan fingerprint density at radius 2 is 1.95 bits per heavy atom. The average molecular weight is 275 g/mol. The van der Waals surface area contributed by atoms with E-state index in [4.69, 9.17) is 4.74 Å². The van der Waals surface area contributed by atoms with Crippen molar-refractivity contribution in [2.45, 2.75) is 33.8 Å². The van der Waals surface area contributed by atoms with Crippen molar-refractivity contribution < 1.29 is 9.53 Å². The molecule has 0 spiro atoms. The monoisotopic (exact) mass is 275 g/mol. The zero-order chi connectivity index (χ0) is 13.8. The molecule has 4 heteroatoms. The van der Waals surface area contributed by atoms with Gasteiger partial charge in [0.05, 0.1) is 10.6 Å². The Kier molecular flexibility index (Phi) is 4.32. The van der Waals surface area contributed by atoms with Crippen molar-refractivity contribution in [3.05, 3.63) is 40.4 Å². The van der Waals surface area contributed by atoms with Gasteiger partial charge in [0.25, 0.3) is 0 Å². The third-order valence-electron chi connectivity index (χ3n) is 2.84. The quantitative estimate of drug-likeness (QED) is 0.795. The van der Waals surface area contributed by atoms with Gasteiger partial charge in [0, 0.05) is 12.0 Å². The van der Waals surface area contributed by atoms with Crippen LogP contribution in [-0.4, -0.2) is 11.0 Å². The zero-order valence-corrected chi connectivity index (χ0v) is 12.2. The fraction of sp³-hybridized carbons (Fsp3) is 0.333. The number of carbonyl (C=O) groups excluding carboxylic acids is 1. The molecule has 0 unspecified atom stereocenters. The number of benzene rings is 1. The van der Waals surface area contributed by atoms with Gasteiger partial charge >= 0.3 is 5.97 Å². The van der Waals surface area contributed by atoms with Gasteiger partial charge < -0.3 is 4.74 Å². The first-order valence-corrected chi connectivity index (χ1v) is 7.10. The Morgan fingerprint density at radius 3 is 2.58 bits per heavy atom. The predicted octanol–water partition coefficient (Wildman–Crippen LogP) is 3.88. The van der Waals surface area contributed by atoms with Crippen LogP contribution >= 0.6 is 11.3 Å². The minimum absolute atomic E-state index is 0.176. The summed E-state index contributed by atoms with van der Waals surface area (Å²) in [5.74, 6) is -0.176. The van der Waals surface area contributed by atoms with Crippen LogP contribution in [0.25, 0.3) is 10.6 Å². The second-order valence-electron chi connectivity index (χ2n) is 4.41. The highest BCUT2D eigenvalue weighted by Gasteiger charge is 2.11. The van der Waals surface area contributed by atoms with E-state index >= 15 is 0 Å². The third-order valence-corrected chi connectivity index (χ3v) is 4.02. The van der Waals surface area contributed by atoms with Crippen molar-refractivity contribution in [3.63, 3.8) is 0 Å². The Morgan fingerprint density at radius 1 is 1.26 bits per heavy atom. The van der Waals surface area contributed by atoms with Gasteiger partial charge in [-0.1, -0.05) is 36.8 Å². The van der Waals surface area contributed by atoms with Gasteiger partial charge in [0.1, 0.15) is 11.6 Å². The van der Waals surface area contributed by atoms with Crippen molar-refractivity contribution in [1.82, 2.24) is 4.98 Å². The molecule has 0 aliphatic carbocycles. The lowest BCUT2D eigenvalue weighted by Gasteiger charge is -2.00. The van der Waals surface area contributed by atoms with E-state index in [9.17, 15) is 4.79 Å². The first-order chi connectivity index (χ1) is 9.10. The predicted molar refractivity (Wildman–Crippen MR) is 77.1 cm³/mol. The van der Waals surface area contributed by atoms with Gasteiger partial charge in [-0.25, -0.2) is 4.98 Å². The molecule has 1 heterocycles. The number of ether oxygens (including phenoxy) is 1. The number of aromatic nitrogens is 1. The number of esters is 1. The lowest BCUT2D eigenvalue weighted by atomic mass is 10.2. The lowest BCUT2D eigenvalue weighted by Crippen LogP contribution is -2.01. The molecule has 0 bridgehead atoms. The van der Waals surface area contributed by atoms with Crippen molar-refractivity contribution in [1.29, 1.82) is 0 Å². The Labute approximate surface area is 117 Å². The van der Waals surface area contributed by atoms with E-state index in [0.717, 1.165) is 21.1 Å². The van der Waals surface area contributed by atoms with Gasteiger partial charge in [-0.15, -0.1) is 11.3 Å². The van der Waals surface area contributed by atoms with E-state index in [0.29, 0.717) is 13.0 Å². The molecule has 0 amide bonds. The van der Waals surface area contributed by atoms with Crippen LogP contribution in [0.1, 0.15) is 29.5 Å². The van der Waals surface area contributed by atoms with Crippen LogP contribution in [-0.2, 0) is 16.1 Å². The number of nitrogens with zero attached hydrogens (tertiary/aromatic N) is 1. The standard InChI is InChI=1S/C15H17NO2S/c1-4-14(17)18-9-13-11(3)16-15(19-13)12-7-5-10(2)6-8-12/h5-8H,4,9H2,1-3H3. The fourth-order valence-corrected chi connectivity index (χ4v) is 2.61. The molecule has 0 aliphatic rings. The van der Waals surface area contributed by atoms with Gasteiger partial charge in [0.15, 0.2) is 0 Å². The second kappa shape index (κ2) is 5.97. The maximum absolute atomic E-state index is 11.2. The third kappa shape index (κ3) is 3.41. The van der Waals surface area contributed by atoms with Crippen LogP contribution in [0.4, 0.5) is 0 Å². The van der Waals surface area contributed by atoms with Gasteiger partial charge in [-0.3, -0.25) is 4.79 Å². The zero-order valence-electron chi connectivity index (χ0n) is 11.4. The Balaban J connectivity index is 2.16. The van der Waals surface area contributed by atoms with E-state index < -0.39 is 0 Å². The molecular weight excluding hydrogens is 258 g/mol. The van der Waals surface area contributed by atoms with E-state index in [2.05, 4.69) is 36.2 Å². The van der Waals surface area contributed by atoms with Crippen LogP contribution in [0.2, 0.25) is 0 Å². The van der Waals surface area contributed by atoms with Gasteiger partial charge in [-0.05, 0) is 13.8 Å². The number of aryl methyl sites for hydroxylation is 2. The topological polar surface area (TPSA) is 39.2 Å². The first-order valence-electron chi connectivity index (χ1n) is 6.29. The molecule has 0 fully saturated rings. The Hall–Kier alpha value is -1.68. The molecule has 0 aliphatic heterocycles. The highest BCUT2D eigenvalue weighted by atomic mass is 32.1. The average Bonchev–Trinajstić information content (AvgIpc) is 2.78. The van der Waals surface area contributed by atoms with Gasteiger partial charge in [-0.2, -0.15) is 0 Å². The number of hydrogen-bond acceptors (Lipinski definition) is 4. The summed E-state index contributed by atoms with van der Waals surface area (Å²) in [7, 11) is 0. The molecule has 1 aromatic heterocycles. The summed E-state index contributed by atoms with van der Waals surface area (Å²) in [5, 5.41) is 0.972. The van der Waals surface area contributed by atoms with E-state index in [1.807, 2.05) is 6.92 Å². The molecule has 0 saturated carbocycles. The SMILES string of the molecule is CCC(=O)OCc1sc(-c2ccc(C)cc2)nc1C. The number of hydrogen-bond donors (Lipinski definition) is 0. The maximum atomic E-state index is 11.2. The second-order valence-corrected chi connectivity index (χ2v) is 5.49. The molecular formula is C15H17NO2S. The largest absolute Gasteiger partial charge is 0.460 e. The summed E-state index contributed by atoms with van der Waals surface area (Å²) in [6.07, 6.45) is 0.405. The smallest absolute Gasteiger partial charge is 0.305 e. The minimum atomic E-state index is -0.176. The summed E-state index contributed by atoms with van der Waals surface area (Å²) in [5.41, 5.74) is 3.27. The molecule has 1 aromatic carbocycles. The molecule has 3 nitrogen and oxygen atoms in total. The normalized spacial score (nSPS) is 10.5. The van der Waals surface area contributed by atoms with E-state index in [1.165, 1.54) is 5.56 Å². The Bertz CT molecular complexity index is 572. The fourth-order valence-electron chi connectivity index (χ4n) is 1.63. The van der Waals surface area contributed by atoms with Crippen LogP contribution < -0.4 is 0 Å². The van der Waals surface area contributed by atoms with Crippen molar-refractivity contribution >= 4 is 17.3 Å². The minimum Gasteiger partial charge on any atom is -0.460 e. The highest BCUT2D eigenvalue weighted by Crippen LogP contribution is 2.28. The van der Waals surface area contributed by atoms with Crippen LogP contribution in [0.5, 0.6) is 0 Å². The van der Waals surface area contributed by atoms with Crippen LogP contribution in [0.15, 0.2) is 24.3 Å². The first kappa shape index (κ1) is 13.7. The molecule has 19 heavy (non-hydrogen) atoms. The molecule has 0 N–H and O–H groups in total. The van der Waals surface area contributed by atoms with Crippen LogP contribution in [0, 0.1) is 13.8 Å². The van der Waals surface area contributed by atoms with E-state index in [1.54, 1.807) is 18.3 Å². The van der Waals surface area contributed by atoms with Crippen LogP contribution in [0.3, 0.4) is 0 Å². The maximum Gasteiger partial charge on any atom is 0.305 e. The van der Waals surface area contributed by atoms with Crippen molar-refractivity contribution in [2.24, 2.45) is 0 Å². The summed E-state index contributed by atoms with van der Waals surface area (Å²) in [4.78, 5) is 16.7. The molecule has 2 rings (SSSR count). The number of carbonyl (C=O) groups is 1. The molecule has 0 saturated heterocycles. The molecule has 0 radical (unpaired) electrons. The van der Waals surface area contributed by atoms with Crippen molar-refractivity contribution in [3.8, 4) is 10.6 Å². The highest BCUT2D eigenvalue weighted by molar-refractivity contribution is 7.15. The number of thiazole rings is 1. The summed E-state index contributed by atoms with van der Waals surface area (Å²) >= 11 is 1.58.